The highest BCUT2D eigenvalue weighted by Crippen LogP contribution is 2.23. The largest absolute Gasteiger partial charge is 0.497 e. The quantitative estimate of drug-likeness (QED) is 0.230. The maximum Gasteiger partial charge on any atom is 0.343 e. The van der Waals surface area contributed by atoms with Crippen LogP contribution < -0.4 is 14.9 Å². The number of nitrogens with one attached hydrogen (secondary N) is 1. The standard InChI is InChI=1S/C23H19BrN2O5/c1-30-19-10-7-16(8-11-19)23(29)31-20-12-9-18(24)13-17(20)14-25-26-22(28)21(27)15-5-3-2-4-6-15/h2-14,21,27H,1H3,(H,26,28)/b25-14-/t21-/m1/s1. The minimum Gasteiger partial charge on any atom is -0.497 e. The molecule has 0 fully saturated rings. The molecule has 1 amide bonds. The summed E-state index contributed by atoms with van der Waals surface area (Å²) >= 11 is 3.35. The van der Waals surface area contributed by atoms with Crippen molar-refractivity contribution in [1.82, 2.24) is 5.43 Å². The number of aliphatic hydroxyl groups is 1. The number of hydrogen-bond donors (Lipinski definition) is 2. The Kier molecular flexibility index (Phi) is 7.53. The van der Waals surface area contributed by atoms with Crippen molar-refractivity contribution < 1.29 is 24.2 Å². The summed E-state index contributed by atoms with van der Waals surface area (Å²) in [5.41, 5.74) is 3.54. The third-order valence-electron chi connectivity index (χ3n) is 4.24. The van der Waals surface area contributed by atoms with Gasteiger partial charge in [0.15, 0.2) is 6.10 Å². The third kappa shape index (κ3) is 6.00. The van der Waals surface area contributed by atoms with Crippen LogP contribution in [-0.4, -0.2) is 30.3 Å². The monoisotopic (exact) mass is 482 g/mol. The van der Waals surface area contributed by atoms with Crippen molar-refractivity contribution in [3.63, 3.8) is 0 Å². The van der Waals surface area contributed by atoms with Crippen LogP contribution in [0.5, 0.6) is 11.5 Å². The maximum absolute atomic E-state index is 12.5. The highest BCUT2D eigenvalue weighted by atomic mass is 79.9. The number of methoxy groups -OCH3 is 1. The number of aliphatic hydroxyl groups excluding tert-OH is 1. The number of nitrogens with zero attached hydrogens (tertiary/aromatic N) is 1. The van der Waals surface area contributed by atoms with Crippen LogP contribution in [0.15, 0.2) is 82.4 Å². The minimum absolute atomic E-state index is 0.255. The molecule has 3 rings (SSSR count). The van der Waals surface area contributed by atoms with E-state index >= 15 is 0 Å². The topological polar surface area (TPSA) is 97.2 Å². The van der Waals surface area contributed by atoms with Crippen LogP contribution in [0.2, 0.25) is 0 Å². The van der Waals surface area contributed by atoms with Gasteiger partial charge in [-0.05, 0) is 48.0 Å². The summed E-state index contributed by atoms with van der Waals surface area (Å²) in [4.78, 5) is 24.6. The van der Waals surface area contributed by atoms with E-state index in [9.17, 15) is 14.7 Å². The van der Waals surface area contributed by atoms with Crippen LogP contribution in [0.4, 0.5) is 0 Å². The molecule has 0 aliphatic heterocycles. The van der Waals surface area contributed by atoms with E-state index < -0.39 is 18.0 Å². The van der Waals surface area contributed by atoms with E-state index in [1.54, 1.807) is 79.9 Å². The summed E-state index contributed by atoms with van der Waals surface area (Å²) in [5, 5.41) is 14.0. The van der Waals surface area contributed by atoms with Gasteiger partial charge in [0.05, 0.1) is 18.9 Å². The molecule has 3 aromatic carbocycles. The summed E-state index contributed by atoms with van der Waals surface area (Å²) in [5.74, 6) is -0.357. The van der Waals surface area contributed by atoms with E-state index in [0.717, 1.165) is 4.47 Å². The highest BCUT2D eigenvalue weighted by molar-refractivity contribution is 9.10. The van der Waals surface area contributed by atoms with Gasteiger partial charge in [0.2, 0.25) is 0 Å². The summed E-state index contributed by atoms with van der Waals surface area (Å²) in [6.45, 7) is 0. The zero-order valence-corrected chi connectivity index (χ0v) is 18.1. The summed E-state index contributed by atoms with van der Waals surface area (Å²) < 4.78 is 11.3. The van der Waals surface area contributed by atoms with Gasteiger partial charge in [-0.2, -0.15) is 5.10 Å². The van der Waals surface area contributed by atoms with E-state index in [1.165, 1.54) is 6.21 Å². The maximum atomic E-state index is 12.5. The second-order valence-corrected chi connectivity index (χ2v) is 7.26. The third-order valence-corrected chi connectivity index (χ3v) is 4.74. The second kappa shape index (κ2) is 10.5. The average molecular weight is 483 g/mol. The number of amides is 1. The Morgan fingerprint density at radius 1 is 1.06 bits per heavy atom. The molecule has 3 aromatic rings. The van der Waals surface area contributed by atoms with Crippen molar-refractivity contribution in [2.45, 2.75) is 6.10 Å². The lowest BCUT2D eigenvalue weighted by molar-refractivity contribution is -0.129. The first-order valence-corrected chi connectivity index (χ1v) is 9.99. The van der Waals surface area contributed by atoms with E-state index in [0.29, 0.717) is 22.4 Å². The molecule has 0 spiro atoms. The molecule has 8 heteroatoms. The fraction of sp³-hybridized carbons (Fsp3) is 0.0870. The molecule has 7 nitrogen and oxygen atoms in total. The molecule has 1 atom stereocenters. The van der Waals surface area contributed by atoms with Crippen LogP contribution in [0.1, 0.15) is 27.6 Å². The molecule has 0 bridgehead atoms. The Balaban J connectivity index is 1.70. The number of ether oxygens (including phenoxy) is 2. The van der Waals surface area contributed by atoms with Gasteiger partial charge < -0.3 is 14.6 Å². The molecule has 0 radical (unpaired) electrons. The lowest BCUT2D eigenvalue weighted by Gasteiger charge is -2.10. The fourth-order valence-corrected chi connectivity index (χ4v) is 2.99. The molecule has 0 saturated carbocycles. The lowest BCUT2D eigenvalue weighted by atomic mass is 10.1. The normalized spacial score (nSPS) is 11.7. The van der Waals surface area contributed by atoms with Crippen LogP contribution in [0.25, 0.3) is 0 Å². The van der Waals surface area contributed by atoms with Crippen molar-refractivity contribution in [2.75, 3.05) is 7.11 Å². The van der Waals surface area contributed by atoms with Gasteiger partial charge in [0.1, 0.15) is 11.5 Å². The molecule has 0 unspecified atom stereocenters. The number of carbonyl (C=O) groups excluding carboxylic acids is 2. The zero-order chi connectivity index (χ0) is 22.2. The first kappa shape index (κ1) is 22.2. The Bertz CT molecular complexity index is 1080. The Hall–Kier alpha value is -3.49. The van der Waals surface area contributed by atoms with Crippen molar-refractivity contribution >= 4 is 34.0 Å². The van der Waals surface area contributed by atoms with Crippen LogP contribution in [0, 0.1) is 0 Å². The van der Waals surface area contributed by atoms with Crippen molar-refractivity contribution in [3.8, 4) is 11.5 Å². The van der Waals surface area contributed by atoms with E-state index in [-0.39, 0.29) is 5.75 Å². The minimum atomic E-state index is -1.35. The van der Waals surface area contributed by atoms with Crippen molar-refractivity contribution in [2.24, 2.45) is 5.10 Å². The van der Waals surface area contributed by atoms with Gasteiger partial charge in [-0.3, -0.25) is 4.79 Å². The number of benzene rings is 3. The van der Waals surface area contributed by atoms with Gasteiger partial charge in [-0.1, -0.05) is 46.3 Å². The number of hydrogen-bond acceptors (Lipinski definition) is 6. The number of rotatable bonds is 7. The highest BCUT2D eigenvalue weighted by Gasteiger charge is 2.16. The van der Waals surface area contributed by atoms with Crippen LogP contribution in [-0.2, 0) is 4.79 Å². The smallest absolute Gasteiger partial charge is 0.343 e. The first-order valence-electron chi connectivity index (χ1n) is 9.19. The van der Waals surface area contributed by atoms with Gasteiger partial charge in [-0.15, -0.1) is 0 Å². The van der Waals surface area contributed by atoms with E-state index in [4.69, 9.17) is 9.47 Å². The van der Waals surface area contributed by atoms with Crippen LogP contribution >= 0.6 is 15.9 Å². The molecule has 0 aliphatic carbocycles. The van der Waals surface area contributed by atoms with Crippen molar-refractivity contribution in [3.05, 3.63) is 94.0 Å². The number of halogens is 1. The van der Waals surface area contributed by atoms with E-state index in [1.807, 2.05) is 0 Å². The van der Waals surface area contributed by atoms with Gasteiger partial charge in [0, 0.05) is 10.0 Å². The lowest BCUT2D eigenvalue weighted by Crippen LogP contribution is -2.25. The fourth-order valence-electron chi connectivity index (χ4n) is 2.61. The molecule has 0 aromatic heterocycles. The van der Waals surface area contributed by atoms with Gasteiger partial charge >= 0.3 is 5.97 Å². The Morgan fingerprint density at radius 3 is 2.45 bits per heavy atom. The second-order valence-electron chi connectivity index (χ2n) is 6.35. The molecule has 0 saturated heterocycles. The van der Waals surface area contributed by atoms with Crippen molar-refractivity contribution in [1.29, 1.82) is 0 Å². The number of esters is 1. The molecule has 158 valence electrons. The summed E-state index contributed by atoms with van der Waals surface area (Å²) in [7, 11) is 1.54. The SMILES string of the molecule is COc1ccc(C(=O)Oc2ccc(Br)cc2/C=N\NC(=O)[C@H](O)c2ccccc2)cc1. The number of hydrazone groups is 1. The number of carbonyl (C=O) groups is 2. The van der Waals surface area contributed by atoms with Crippen LogP contribution in [0.3, 0.4) is 0 Å². The Labute approximate surface area is 187 Å². The Morgan fingerprint density at radius 2 is 1.77 bits per heavy atom. The molecule has 31 heavy (non-hydrogen) atoms. The predicted octanol–water partition coefficient (Wildman–Crippen LogP) is 3.86. The molecule has 0 heterocycles. The average Bonchev–Trinajstić information content (AvgIpc) is 2.80. The zero-order valence-electron chi connectivity index (χ0n) is 16.5. The summed E-state index contributed by atoms with van der Waals surface area (Å²) in [6, 6.07) is 20.0. The van der Waals surface area contributed by atoms with Gasteiger partial charge in [-0.25, -0.2) is 10.2 Å². The van der Waals surface area contributed by atoms with E-state index in [2.05, 4.69) is 26.5 Å². The molecule has 0 aliphatic rings. The molecular weight excluding hydrogens is 464 g/mol. The van der Waals surface area contributed by atoms with Gasteiger partial charge in [0.25, 0.3) is 5.91 Å². The molecule has 2 N–H and O–H groups in total. The first-order chi connectivity index (χ1) is 15.0. The summed E-state index contributed by atoms with van der Waals surface area (Å²) in [6.07, 6.45) is -0.0231. The predicted molar refractivity (Wildman–Crippen MR) is 119 cm³/mol. The molecular formula is C23H19BrN2O5.